The van der Waals surface area contributed by atoms with Crippen molar-refractivity contribution in [3.63, 3.8) is 0 Å². The third-order valence-corrected chi connectivity index (χ3v) is 7.53. The number of ether oxygens (including phenoxy) is 4. The summed E-state index contributed by atoms with van der Waals surface area (Å²) in [6.45, 7) is 4.82. The summed E-state index contributed by atoms with van der Waals surface area (Å²) in [4.78, 5) is 22.2. The van der Waals surface area contributed by atoms with Gasteiger partial charge in [-0.2, -0.15) is 0 Å². The summed E-state index contributed by atoms with van der Waals surface area (Å²) in [5.74, 6) is 0.383. The molecule has 3 heterocycles. The number of pyridine rings is 1. The van der Waals surface area contributed by atoms with Gasteiger partial charge in [-0.1, -0.05) is 30.3 Å². The van der Waals surface area contributed by atoms with E-state index >= 15 is 4.39 Å². The van der Waals surface area contributed by atoms with Crippen molar-refractivity contribution in [1.29, 1.82) is 0 Å². The van der Waals surface area contributed by atoms with Crippen molar-refractivity contribution >= 4 is 10.9 Å². The van der Waals surface area contributed by atoms with Crippen LogP contribution < -0.4 is 19.9 Å². The van der Waals surface area contributed by atoms with Gasteiger partial charge >= 0.3 is 5.69 Å². The van der Waals surface area contributed by atoms with E-state index < -0.39 is 11.5 Å². The van der Waals surface area contributed by atoms with Crippen LogP contribution in [0.2, 0.25) is 0 Å². The van der Waals surface area contributed by atoms with E-state index in [2.05, 4.69) is 14.9 Å². The maximum Gasteiger partial charge on any atom is 0.333 e. The van der Waals surface area contributed by atoms with Crippen molar-refractivity contribution in [2.45, 2.75) is 12.8 Å². The van der Waals surface area contributed by atoms with Crippen molar-refractivity contribution < 1.29 is 28.4 Å². The lowest BCUT2D eigenvalue weighted by Crippen LogP contribution is -2.37. The fraction of sp³-hybridized carbons (Fsp3) is 0.273. The van der Waals surface area contributed by atoms with E-state index in [0.29, 0.717) is 46.9 Å². The lowest BCUT2D eigenvalue weighted by molar-refractivity contribution is 0.0357. The number of nitrogens with zero attached hydrogens (tertiary/aromatic N) is 3. The number of aromatic nitrogens is 3. The van der Waals surface area contributed by atoms with Crippen LogP contribution in [-0.2, 0) is 11.2 Å². The van der Waals surface area contributed by atoms with Gasteiger partial charge in [0.2, 0.25) is 5.88 Å². The van der Waals surface area contributed by atoms with E-state index in [1.54, 1.807) is 31.5 Å². The van der Waals surface area contributed by atoms with Gasteiger partial charge in [0.1, 0.15) is 5.75 Å². The molecule has 5 aromatic rings. The molecule has 2 aromatic heterocycles. The third-order valence-electron chi connectivity index (χ3n) is 7.53. The molecule has 0 unspecified atom stereocenters. The number of hydrogen-bond donors (Lipinski definition) is 2. The molecule has 11 heteroatoms. The molecule has 10 nitrogen and oxygen atoms in total. The molecule has 0 saturated carbocycles. The molecular weight excluding hydrogens is 567 g/mol. The molecule has 0 amide bonds. The summed E-state index contributed by atoms with van der Waals surface area (Å²) in [7, 11) is 1.56. The fourth-order valence-corrected chi connectivity index (χ4v) is 5.25. The molecule has 3 aromatic carbocycles. The molecule has 6 rings (SSSR count). The predicted octanol–water partition coefficient (Wildman–Crippen LogP) is 5.05. The van der Waals surface area contributed by atoms with Crippen LogP contribution in [0.15, 0.2) is 77.7 Å². The summed E-state index contributed by atoms with van der Waals surface area (Å²) >= 11 is 0. The number of rotatable bonds is 11. The first-order valence-electron chi connectivity index (χ1n) is 14.4. The number of fused-ring (bicyclic) bond motifs is 1. The van der Waals surface area contributed by atoms with Crippen LogP contribution in [0.5, 0.6) is 28.9 Å². The average Bonchev–Trinajstić information content (AvgIpc) is 3.32. The van der Waals surface area contributed by atoms with Gasteiger partial charge in [0.05, 0.1) is 43.8 Å². The number of hydrogen-bond acceptors (Lipinski definition) is 8. The van der Waals surface area contributed by atoms with Crippen molar-refractivity contribution in [2.24, 2.45) is 0 Å². The van der Waals surface area contributed by atoms with Crippen molar-refractivity contribution in [3.8, 4) is 34.6 Å². The Balaban J connectivity index is 1.19. The van der Waals surface area contributed by atoms with E-state index in [9.17, 15) is 9.90 Å². The first-order valence-corrected chi connectivity index (χ1v) is 14.4. The Labute approximate surface area is 253 Å². The van der Waals surface area contributed by atoms with E-state index in [-0.39, 0.29) is 17.3 Å². The minimum Gasteiger partial charge on any atom is -0.493 e. The highest BCUT2D eigenvalue weighted by Gasteiger charge is 2.18. The Morgan fingerprint density at radius 1 is 1.00 bits per heavy atom. The molecule has 1 aliphatic heterocycles. The SMILES string of the molecule is COc1cc2c(Oc3ccc(-n4c(O)c(Cc5ccccc5)[nH]c4=O)cc3F)ccnc2cc1OCCCN1CCOCC1. The molecular formula is C33H33FN4O6. The second kappa shape index (κ2) is 13.2. The molecule has 228 valence electrons. The minimum atomic E-state index is -0.711. The van der Waals surface area contributed by atoms with E-state index in [0.717, 1.165) is 55.5 Å². The lowest BCUT2D eigenvalue weighted by Gasteiger charge is -2.26. The number of benzene rings is 3. The van der Waals surface area contributed by atoms with Gasteiger partial charge in [0, 0.05) is 49.8 Å². The van der Waals surface area contributed by atoms with Crippen LogP contribution in [0.3, 0.4) is 0 Å². The van der Waals surface area contributed by atoms with Crippen LogP contribution in [0.1, 0.15) is 17.7 Å². The van der Waals surface area contributed by atoms with Crippen LogP contribution >= 0.6 is 0 Å². The predicted molar refractivity (Wildman–Crippen MR) is 163 cm³/mol. The van der Waals surface area contributed by atoms with Crippen molar-refractivity contribution in [2.75, 3.05) is 46.6 Å². The van der Waals surface area contributed by atoms with Crippen molar-refractivity contribution in [1.82, 2.24) is 19.4 Å². The largest absolute Gasteiger partial charge is 0.493 e. The average molecular weight is 601 g/mol. The highest BCUT2D eigenvalue weighted by molar-refractivity contribution is 5.88. The Morgan fingerprint density at radius 2 is 1.82 bits per heavy atom. The molecule has 1 fully saturated rings. The van der Waals surface area contributed by atoms with Gasteiger partial charge in [0.15, 0.2) is 23.1 Å². The second-order valence-electron chi connectivity index (χ2n) is 10.4. The second-order valence-corrected chi connectivity index (χ2v) is 10.4. The normalized spacial score (nSPS) is 13.7. The molecule has 0 aliphatic carbocycles. The third kappa shape index (κ3) is 6.38. The number of morpholine rings is 1. The molecule has 0 atom stereocenters. The minimum absolute atomic E-state index is 0.0590. The van der Waals surface area contributed by atoms with Crippen LogP contribution in [0.25, 0.3) is 16.6 Å². The van der Waals surface area contributed by atoms with Gasteiger partial charge in [-0.15, -0.1) is 0 Å². The Kier molecular flexibility index (Phi) is 8.76. The number of H-pyrrole nitrogens is 1. The molecule has 44 heavy (non-hydrogen) atoms. The number of nitrogens with one attached hydrogen (secondary N) is 1. The maximum absolute atomic E-state index is 15.4. The highest BCUT2D eigenvalue weighted by Crippen LogP contribution is 2.38. The quantitative estimate of drug-likeness (QED) is 0.203. The smallest absolute Gasteiger partial charge is 0.333 e. The zero-order valence-electron chi connectivity index (χ0n) is 24.3. The molecule has 1 aliphatic rings. The summed E-state index contributed by atoms with van der Waals surface area (Å²) in [5, 5.41) is 11.4. The van der Waals surface area contributed by atoms with E-state index in [1.165, 1.54) is 12.1 Å². The fourth-order valence-electron chi connectivity index (χ4n) is 5.25. The van der Waals surface area contributed by atoms with Gasteiger partial charge in [-0.25, -0.2) is 13.8 Å². The van der Waals surface area contributed by atoms with Gasteiger partial charge in [-0.05, 0) is 36.2 Å². The Bertz CT molecular complexity index is 1800. The maximum atomic E-state index is 15.4. The van der Waals surface area contributed by atoms with Crippen LogP contribution in [-0.4, -0.2) is 71.1 Å². The van der Waals surface area contributed by atoms with Crippen LogP contribution in [0.4, 0.5) is 4.39 Å². The Hall–Kier alpha value is -4.87. The number of aromatic amines is 1. The number of imidazole rings is 1. The highest BCUT2D eigenvalue weighted by atomic mass is 19.1. The summed E-state index contributed by atoms with van der Waals surface area (Å²) < 4.78 is 39.4. The standard InChI is InChI=1S/C33H33FN4O6/c1-41-30-20-24-26(21-31(30)43-15-5-12-37-13-16-42-17-14-37)35-11-10-28(24)44-29-9-8-23(19-25(29)34)38-32(39)27(36-33(38)40)18-22-6-3-2-4-7-22/h2-4,6-11,19-21,39H,5,12-18H2,1H3,(H,36,40). The molecule has 0 bridgehead atoms. The lowest BCUT2D eigenvalue weighted by atomic mass is 10.1. The monoisotopic (exact) mass is 600 g/mol. The van der Waals surface area contributed by atoms with E-state index in [1.807, 2.05) is 30.3 Å². The summed E-state index contributed by atoms with van der Waals surface area (Å²) in [6.07, 6.45) is 2.75. The Morgan fingerprint density at radius 3 is 2.59 bits per heavy atom. The number of methoxy groups -OCH3 is 1. The zero-order valence-corrected chi connectivity index (χ0v) is 24.3. The number of aromatic hydroxyl groups is 1. The zero-order chi connectivity index (χ0) is 30.5. The number of halogens is 1. The summed E-state index contributed by atoms with van der Waals surface area (Å²) in [6, 6.07) is 18.6. The molecule has 2 N–H and O–H groups in total. The topological polar surface area (TPSA) is 111 Å². The first kappa shape index (κ1) is 29.2. The first-order chi connectivity index (χ1) is 21.5. The van der Waals surface area contributed by atoms with Gasteiger partial charge < -0.3 is 29.0 Å². The van der Waals surface area contributed by atoms with E-state index in [4.69, 9.17) is 18.9 Å². The van der Waals surface area contributed by atoms with Crippen LogP contribution in [0, 0.1) is 5.82 Å². The van der Waals surface area contributed by atoms with Gasteiger partial charge in [-0.3, -0.25) is 9.88 Å². The summed E-state index contributed by atoms with van der Waals surface area (Å²) in [5.41, 5.74) is 1.42. The van der Waals surface area contributed by atoms with Gasteiger partial charge in [0.25, 0.3) is 0 Å². The molecule has 0 spiro atoms. The molecule has 1 saturated heterocycles. The van der Waals surface area contributed by atoms with Crippen molar-refractivity contribution in [3.05, 3.63) is 100 Å². The molecule has 0 radical (unpaired) electrons.